The first-order valence-corrected chi connectivity index (χ1v) is 10.7. The van der Waals surface area contributed by atoms with Crippen molar-refractivity contribution in [2.45, 2.75) is 18.5 Å². The molecule has 1 aliphatic heterocycles. The first-order valence-electron chi connectivity index (χ1n) is 9.36. The summed E-state index contributed by atoms with van der Waals surface area (Å²) in [5.74, 6) is -0.146. The van der Waals surface area contributed by atoms with Gasteiger partial charge in [-0.2, -0.15) is 0 Å². The molecule has 2 amide bonds. The Morgan fingerprint density at radius 3 is 2.27 bits per heavy atom. The number of carbonyl (C=O) groups is 2. The van der Waals surface area contributed by atoms with Crippen molar-refractivity contribution < 1.29 is 9.59 Å². The fourth-order valence-electron chi connectivity index (χ4n) is 3.27. The van der Waals surface area contributed by atoms with Crippen LogP contribution in [0.2, 0.25) is 5.02 Å². The zero-order valence-corrected chi connectivity index (χ0v) is 17.7. The number of aromatic amines is 1. The molecular formula is C22H18ClN3O3S. The van der Waals surface area contributed by atoms with Crippen molar-refractivity contribution in [3.05, 3.63) is 91.9 Å². The van der Waals surface area contributed by atoms with E-state index in [2.05, 4.69) is 9.97 Å². The molecule has 152 valence electrons. The number of amides is 2. The molecular weight excluding hydrogens is 422 g/mol. The quantitative estimate of drug-likeness (QED) is 0.359. The van der Waals surface area contributed by atoms with E-state index >= 15 is 0 Å². The van der Waals surface area contributed by atoms with E-state index < -0.39 is 0 Å². The van der Waals surface area contributed by atoms with Crippen LogP contribution in [0, 0.1) is 6.92 Å². The Hall–Kier alpha value is -2.90. The van der Waals surface area contributed by atoms with Gasteiger partial charge < -0.3 is 4.98 Å². The van der Waals surface area contributed by atoms with E-state index in [9.17, 15) is 14.4 Å². The maximum absolute atomic E-state index is 12.4. The Balaban J connectivity index is 1.45. The van der Waals surface area contributed by atoms with Crippen molar-refractivity contribution in [3.8, 4) is 0 Å². The lowest BCUT2D eigenvalue weighted by atomic mass is 10.1. The molecule has 0 saturated carbocycles. The van der Waals surface area contributed by atoms with Gasteiger partial charge in [-0.05, 0) is 36.8 Å². The van der Waals surface area contributed by atoms with E-state index in [-0.39, 0.29) is 23.9 Å². The summed E-state index contributed by atoms with van der Waals surface area (Å²) in [6.07, 6.45) is 0.513. The van der Waals surface area contributed by atoms with Gasteiger partial charge in [-0.1, -0.05) is 47.6 Å². The van der Waals surface area contributed by atoms with Gasteiger partial charge in [0.15, 0.2) is 5.16 Å². The molecule has 0 fully saturated rings. The summed E-state index contributed by atoms with van der Waals surface area (Å²) in [6.45, 7) is 1.98. The van der Waals surface area contributed by atoms with Gasteiger partial charge in [0.2, 0.25) is 0 Å². The molecule has 0 unspecified atom stereocenters. The first-order chi connectivity index (χ1) is 14.4. The summed E-state index contributed by atoms with van der Waals surface area (Å²) in [7, 11) is 0. The third kappa shape index (κ3) is 4.04. The number of halogens is 1. The van der Waals surface area contributed by atoms with Crippen molar-refractivity contribution in [1.82, 2.24) is 14.9 Å². The molecule has 8 heteroatoms. The summed E-state index contributed by atoms with van der Waals surface area (Å²) in [5, 5.41) is 1.12. The third-order valence-corrected chi connectivity index (χ3v) is 6.05. The van der Waals surface area contributed by atoms with Gasteiger partial charge in [-0.3, -0.25) is 19.3 Å². The summed E-state index contributed by atoms with van der Waals surface area (Å²) in [5.41, 5.74) is 2.91. The largest absolute Gasteiger partial charge is 0.301 e. The highest BCUT2D eigenvalue weighted by Gasteiger charge is 2.34. The second kappa shape index (κ2) is 8.45. The molecule has 2 aromatic carbocycles. The molecule has 0 spiro atoms. The number of hydrogen-bond acceptors (Lipinski definition) is 5. The van der Waals surface area contributed by atoms with Gasteiger partial charge in [0, 0.05) is 29.3 Å². The second-order valence-electron chi connectivity index (χ2n) is 6.90. The normalized spacial score (nSPS) is 13.1. The van der Waals surface area contributed by atoms with Crippen molar-refractivity contribution in [2.24, 2.45) is 0 Å². The van der Waals surface area contributed by atoms with Crippen LogP contribution in [0.1, 0.15) is 37.5 Å². The molecule has 0 aliphatic carbocycles. The van der Waals surface area contributed by atoms with Crippen LogP contribution in [0.4, 0.5) is 0 Å². The first kappa shape index (κ1) is 20.4. The Kier molecular flexibility index (Phi) is 5.74. The highest BCUT2D eigenvalue weighted by Crippen LogP contribution is 2.23. The predicted molar refractivity (Wildman–Crippen MR) is 116 cm³/mol. The van der Waals surface area contributed by atoms with Crippen molar-refractivity contribution in [3.63, 3.8) is 0 Å². The van der Waals surface area contributed by atoms with Crippen LogP contribution >= 0.6 is 23.4 Å². The minimum absolute atomic E-state index is 0.197. The maximum atomic E-state index is 12.4. The number of fused-ring (bicyclic) bond motifs is 1. The molecule has 1 aromatic heterocycles. The van der Waals surface area contributed by atoms with Crippen LogP contribution in [-0.2, 0) is 6.42 Å². The second-order valence-corrected chi connectivity index (χ2v) is 8.42. The average Bonchev–Trinajstić information content (AvgIpc) is 2.98. The zero-order valence-electron chi connectivity index (χ0n) is 16.1. The van der Waals surface area contributed by atoms with Gasteiger partial charge in [-0.15, -0.1) is 0 Å². The lowest BCUT2D eigenvalue weighted by Gasteiger charge is -2.13. The molecule has 1 N–H and O–H groups in total. The number of nitrogens with one attached hydrogen (secondary N) is 1. The Morgan fingerprint density at radius 1 is 1.00 bits per heavy atom. The maximum Gasteiger partial charge on any atom is 0.261 e. The smallest absolute Gasteiger partial charge is 0.261 e. The van der Waals surface area contributed by atoms with Gasteiger partial charge in [-0.25, -0.2) is 4.98 Å². The SMILES string of the molecule is Cc1c(Cc2ccc(Cl)cc2)nc(SCCN2C(=O)c3ccccc3C2=O)[nH]c1=O. The van der Waals surface area contributed by atoms with E-state index in [1.807, 2.05) is 12.1 Å². The molecule has 3 aromatic rings. The Morgan fingerprint density at radius 2 is 1.63 bits per heavy atom. The molecule has 0 atom stereocenters. The van der Waals surface area contributed by atoms with Crippen LogP contribution in [0.15, 0.2) is 58.5 Å². The van der Waals surface area contributed by atoms with Crippen molar-refractivity contribution in [2.75, 3.05) is 12.3 Å². The molecule has 30 heavy (non-hydrogen) atoms. The molecule has 6 nitrogen and oxygen atoms in total. The zero-order chi connectivity index (χ0) is 21.3. The molecule has 0 saturated heterocycles. The molecule has 1 aliphatic rings. The number of aromatic nitrogens is 2. The van der Waals surface area contributed by atoms with E-state index in [0.29, 0.717) is 44.7 Å². The highest BCUT2D eigenvalue weighted by atomic mass is 35.5. The monoisotopic (exact) mass is 439 g/mol. The van der Waals surface area contributed by atoms with Crippen LogP contribution in [0.25, 0.3) is 0 Å². The predicted octanol–water partition coefficient (Wildman–Crippen LogP) is 3.71. The number of nitrogens with zero attached hydrogens (tertiary/aromatic N) is 2. The lowest BCUT2D eigenvalue weighted by molar-refractivity contribution is 0.0664. The fourth-order valence-corrected chi connectivity index (χ4v) is 4.20. The van der Waals surface area contributed by atoms with Gasteiger partial charge in [0.05, 0.1) is 16.8 Å². The number of hydrogen-bond donors (Lipinski definition) is 1. The van der Waals surface area contributed by atoms with Crippen LogP contribution < -0.4 is 5.56 Å². The molecule has 2 heterocycles. The average molecular weight is 440 g/mol. The van der Waals surface area contributed by atoms with Gasteiger partial charge in [0.25, 0.3) is 17.4 Å². The van der Waals surface area contributed by atoms with Crippen LogP contribution in [-0.4, -0.2) is 39.0 Å². The van der Waals surface area contributed by atoms with Crippen molar-refractivity contribution >= 4 is 35.2 Å². The number of imide groups is 1. The van der Waals surface area contributed by atoms with Crippen LogP contribution in [0.3, 0.4) is 0 Å². The Bertz CT molecular complexity index is 1160. The standard InChI is InChI=1S/C22H18ClN3O3S/c1-13-18(12-14-6-8-15(23)9-7-14)24-22(25-19(13)27)30-11-10-26-20(28)16-4-2-3-5-17(16)21(26)29/h2-9H,10-12H2,1H3,(H,24,25,27). The Labute approximate surface area is 182 Å². The summed E-state index contributed by atoms with van der Waals surface area (Å²) >= 11 is 7.24. The van der Waals surface area contributed by atoms with E-state index in [4.69, 9.17) is 11.6 Å². The molecule has 4 rings (SSSR count). The van der Waals surface area contributed by atoms with Gasteiger partial charge >= 0.3 is 0 Å². The number of H-pyrrole nitrogens is 1. The van der Waals surface area contributed by atoms with Crippen LogP contribution in [0.5, 0.6) is 0 Å². The summed E-state index contributed by atoms with van der Waals surface area (Å²) in [4.78, 5) is 45.8. The van der Waals surface area contributed by atoms with Gasteiger partial charge in [0.1, 0.15) is 0 Å². The van der Waals surface area contributed by atoms with E-state index in [1.165, 1.54) is 16.7 Å². The minimum Gasteiger partial charge on any atom is -0.301 e. The number of benzene rings is 2. The van der Waals surface area contributed by atoms with Crippen molar-refractivity contribution in [1.29, 1.82) is 0 Å². The lowest BCUT2D eigenvalue weighted by Crippen LogP contribution is -2.32. The molecule has 0 radical (unpaired) electrons. The van der Waals surface area contributed by atoms with E-state index in [0.717, 1.165) is 5.56 Å². The highest BCUT2D eigenvalue weighted by molar-refractivity contribution is 7.99. The third-order valence-electron chi connectivity index (χ3n) is 4.95. The summed E-state index contributed by atoms with van der Waals surface area (Å²) in [6, 6.07) is 14.2. The van der Waals surface area contributed by atoms with E-state index in [1.54, 1.807) is 43.3 Å². The molecule has 0 bridgehead atoms. The summed E-state index contributed by atoms with van der Waals surface area (Å²) < 4.78 is 0. The number of thioether (sulfide) groups is 1. The topological polar surface area (TPSA) is 83.1 Å². The minimum atomic E-state index is -0.287. The number of rotatable bonds is 6. The fraction of sp³-hybridized carbons (Fsp3) is 0.182. The number of carbonyl (C=O) groups excluding carboxylic acids is 2.